The second-order valence-corrected chi connectivity index (χ2v) is 5.86. The van der Waals surface area contributed by atoms with Gasteiger partial charge in [-0.25, -0.2) is 4.98 Å². The van der Waals surface area contributed by atoms with Crippen LogP contribution in [0.2, 0.25) is 5.15 Å². The van der Waals surface area contributed by atoms with Gasteiger partial charge in [0.25, 0.3) is 5.91 Å². The Morgan fingerprint density at radius 3 is 3.10 bits per heavy atom. The average Bonchev–Trinajstić information content (AvgIpc) is 2.88. The third-order valence-corrected chi connectivity index (χ3v) is 4.58. The van der Waals surface area contributed by atoms with Gasteiger partial charge in [0.05, 0.1) is 5.56 Å². The van der Waals surface area contributed by atoms with Crippen molar-refractivity contribution in [2.24, 2.45) is 5.92 Å². The van der Waals surface area contributed by atoms with Gasteiger partial charge in [0.2, 0.25) is 0 Å². The molecule has 5 nitrogen and oxygen atoms in total. The van der Waals surface area contributed by atoms with E-state index in [9.17, 15) is 4.79 Å². The summed E-state index contributed by atoms with van der Waals surface area (Å²) in [5.41, 5.74) is 7.08. The number of pyridine rings is 1. The monoisotopic (exact) mass is 294 g/mol. The van der Waals surface area contributed by atoms with E-state index in [0.717, 1.165) is 0 Å². The van der Waals surface area contributed by atoms with Gasteiger partial charge in [0.15, 0.2) is 0 Å². The largest absolute Gasteiger partial charge is 0.350 e. The summed E-state index contributed by atoms with van der Waals surface area (Å²) in [6.07, 6.45) is 6.59. The third-order valence-electron chi connectivity index (χ3n) is 4.28. The third kappa shape index (κ3) is 2.80. The number of carbonyl (C=O) groups is 1. The van der Waals surface area contributed by atoms with E-state index in [1.54, 1.807) is 18.3 Å². The molecule has 2 heterocycles. The number of hydrogen-bond acceptors (Lipinski definition) is 4. The van der Waals surface area contributed by atoms with Crippen molar-refractivity contribution < 1.29 is 4.79 Å². The van der Waals surface area contributed by atoms with Gasteiger partial charge >= 0.3 is 0 Å². The van der Waals surface area contributed by atoms with Crippen LogP contribution in [0.15, 0.2) is 18.3 Å². The number of nitrogens with one attached hydrogen (secondary N) is 3. The molecule has 3 unspecified atom stereocenters. The molecule has 3 atom stereocenters. The first kappa shape index (κ1) is 13.8. The van der Waals surface area contributed by atoms with Gasteiger partial charge in [-0.05, 0) is 30.9 Å². The minimum absolute atomic E-state index is 0.163. The Hall–Kier alpha value is -1.17. The summed E-state index contributed by atoms with van der Waals surface area (Å²) in [4.78, 5) is 16.0. The van der Waals surface area contributed by atoms with Crippen LogP contribution in [-0.2, 0) is 0 Å². The van der Waals surface area contributed by atoms with Gasteiger partial charge in [-0.2, -0.15) is 0 Å². The van der Waals surface area contributed by atoms with Crippen LogP contribution in [0, 0.1) is 5.92 Å². The molecule has 0 aromatic carbocycles. The van der Waals surface area contributed by atoms with Gasteiger partial charge in [-0.3, -0.25) is 15.6 Å². The lowest BCUT2D eigenvalue weighted by Crippen LogP contribution is -2.42. The highest BCUT2D eigenvalue weighted by Crippen LogP contribution is 2.29. The number of aromatic nitrogens is 1. The molecule has 1 aliphatic heterocycles. The van der Waals surface area contributed by atoms with Crippen LogP contribution in [-0.4, -0.2) is 29.5 Å². The number of amides is 1. The second-order valence-electron chi connectivity index (χ2n) is 5.50. The zero-order chi connectivity index (χ0) is 13.9. The van der Waals surface area contributed by atoms with Crippen LogP contribution < -0.4 is 16.2 Å². The lowest BCUT2D eigenvalue weighted by molar-refractivity contribution is 0.0946. The van der Waals surface area contributed by atoms with E-state index in [0.29, 0.717) is 30.1 Å². The Morgan fingerprint density at radius 2 is 2.25 bits per heavy atom. The quantitative estimate of drug-likeness (QED) is 0.739. The van der Waals surface area contributed by atoms with Gasteiger partial charge in [0, 0.05) is 24.8 Å². The maximum Gasteiger partial charge on any atom is 0.254 e. The zero-order valence-corrected chi connectivity index (χ0v) is 12.0. The fourth-order valence-electron chi connectivity index (χ4n) is 3.20. The number of carbonyl (C=O) groups excluding carboxylic acids is 1. The van der Waals surface area contributed by atoms with E-state index in [2.05, 4.69) is 21.2 Å². The maximum absolute atomic E-state index is 12.1. The maximum atomic E-state index is 12.1. The summed E-state index contributed by atoms with van der Waals surface area (Å²) in [7, 11) is 0. The SMILES string of the molecule is O=C(NCC1NNC2CCCCC21)c1cccnc1Cl. The van der Waals surface area contributed by atoms with Crippen molar-refractivity contribution in [2.75, 3.05) is 6.54 Å². The lowest BCUT2D eigenvalue weighted by Gasteiger charge is -2.27. The first-order chi connectivity index (χ1) is 9.75. The molecule has 1 aliphatic carbocycles. The normalized spacial score (nSPS) is 28.9. The number of fused-ring (bicyclic) bond motifs is 1. The van der Waals surface area contributed by atoms with Crippen molar-refractivity contribution in [1.29, 1.82) is 0 Å². The van der Waals surface area contributed by atoms with Gasteiger partial charge in [0.1, 0.15) is 5.15 Å². The molecule has 1 aromatic heterocycles. The van der Waals surface area contributed by atoms with Crippen molar-refractivity contribution in [3.05, 3.63) is 29.0 Å². The highest BCUT2D eigenvalue weighted by molar-refractivity contribution is 6.32. The van der Waals surface area contributed by atoms with Crippen molar-refractivity contribution in [3.8, 4) is 0 Å². The molecule has 0 radical (unpaired) electrons. The molecule has 1 saturated heterocycles. The molecule has 3 N–H and O–H groups in total. The summed E-state index contributed by atoms with van der Waals surface area (Å²) in [6.45, 7) is 0.609. The van der Waals surface area contributed by atoms with E-state index in [-0.39, 0.29) is 11.1 Å². The smallest absolute Gasteiger partial charge is 0.254 e. The van der Waals surface area contributed by atoms with Gasteiger partial charge in [-0.1, -0.05) is 24.4 Å². The molecule has 2 aliphatic rings. The summed E-state index contributed by atoms with van der Waals surface area (Å²) < 4.78 is 0. The van der Waals surface area contributed by atoms with E-state index in [1.807, 2.05) is 0 Å². The van der Waals surface area contributed by atoms with Gasteiger partial charge < -0.3 is 5.32 Å². The fourth-order valence-corrected chi connectivity index (χ4v) is 3.40. The Kier molecular flexibility index (Phi) is 4.19. The molecule has 3 rings (SSSR count). The Bertz CT molecular complexity index is 496. The zero-order valence-electron chi connectivity index (χ0n) is 11.2. The number of hydrogen-bond donors (Lipinski definition) is 3. The van der Waals surface area contributed by atoms with Crippen LogP contribution in [0.25, 0.3) is 0 Å². The van der Waals surface area contributed by atoms with E-state index in [1.165, 1.54) is 25.7 Å². The van der Waals surface area contributed by atoms with Crippen molar-refractivity contribution >= 4 is 17.5 Å². The molecule has 2 fully saturated rings. The topological polar surface area (TPSA) is 66.1 Å². The molecule has 0 spiro atoms. The van der Waals surface area contributed by atoms with E-state index < -0.39 is 0 Å². The van der Waals surface area contributed by atoms with Crippen LogP contribution in [0.3, 0.4) is 0 Å². The van der Waals surface area contributed by atoms with Crippen molar-refractivity contribution in [2.45, 2.75) is 37.8 Å². The first-order valence-corrected chi connectivity index (χ1v) is 7.53. The standard InChI is InChI=1S/C14H19ClN4O/c15-13-10(5-3-7-16-13)14(20)17-8-12-9-4-1-2-6-11(9)18-19-12/h3,5,7,9,11-12,18-19H,1-2,4,6,8H2,(H,17,20). The summed E-state index contributed by atoms with van der Waals surface area (Å²) in [6, 6.07) is 4.24. The Labute approximate surface area is 123 Å². The van der Waals surface area contributed by atoms with E-state index >= 15 is 0 Å². The molecule has 0 bridgehead atoms. The van der Waals surface area contributed by atoms with Crippen molar-refractivity contribution in [3.63, 3.8) is 0 Å². The molecular weight excluding hydrogens is 276 g/mol. The summed E-state index contributed by atoms with van der Waals surface area (Å²) in [5, 5.41) is 3.20. The molecular formula is C14H19ClN4O. The number of nitrogens with zero attached hydrogens (tertiary/aromatic N) is 1. The number of halogens is 1. The van der Waals surface area contributed by atoms with Crippen LogP contribution >= 0.6 is 11.6 Å². The minimum atomic E-state index is -0.163. The molecule has 6 heteroatoms. The summed E-state index contributed by atoms with van der Waals surface area (Å²) in [5.74, 6) is 0.442. The Morgan fingerprint density at radius 1 is 1.40 bits per heavy atom. The molecule has 1 amide bonds. The predicted octanol–water partition coefficient (Wildman–Crippen LogP) is 1.50. The molecule has 20 heavy (non-hydrogen) atoms. The van der Waals surface area contributed by atoms with Crippen LogP contribution in [0.4, 0.5) is 0 Å². The first-order valence-electron chi connectivity index (χ1n) is 7.15. The average molecular weight is 295 g/mol. The van der Waals surface area contributed by atoms with Gasteiger partial charge in [-0.15, -0.1) is 0 Å². The highest BCUT2D eigenvalue weighted by Gasteiger charge is 2.37. The molecule has 1 aromatic rings. The predicted molar refractivity (Wildman–Crippen MR) is 77.4 cm³/mol. The number of hydrazine groups is 1. The van der Waals surface area contributed by atoms with Crippen LogP contribution in [0.1, 0.15) is 36.0 Å². The lowest BCUT2D eigenvalue weighted by atomic mass is 9.82. The highest BCUT2D eigenvalue weighted by atomic mass is 35.5. The van der Waals surface area contributed by atoms with Crippen LogP contribution in [0.5, 0.6) is 0 Å². The Balaban J connectivity index is 1.57. The molecule has 108 valence electrons. The van der Waals surface area contributed by atoms with Crippen molar-refractivity contribution in [1.82, 2.24) is 21.2 Å². The fraction of sp³-hybridized carbons (Fsp3) is 0.571. The minimum Gasteiger partial charge on any atom is -0.350 e. The van der Waals surface area contributed by atoms with E-state index in [4.69, 9.17) is 11.6 Å². The number of rotatable bonds is 3. The summed E-state index contributed by atoms with van der Waals surface area (Å²) >= 11 is 5.93. The second kappa shape index (κ2) is 6.08. The molecule has 1 saturated carbocycles.